The lowest BCUT2D eigenvalue weighted by Crippen LogP contribution is -2.10. The first-order chi connectivity index (χ1) is 5.16. The zero-order valence-corrected chi connectivity index (χ0v) is 6.91. The summed E-state index contributed by atoms with van der Waals surface area (Å²) in [6.07, 6.45) is 1.76. The van der Waals surface area contributed by atoms with Gasteiger partial charge in [0.25, 0.3) is 0 Å². The molecule has 0 unspecified atom stereocenters. The molecule has 0 atom stereocenters. The number of hydrogen-bond acceptors (Lipinski definition) is 2. The van der Waals surface area contributed by atoms with Gasteiger partial charge in [-0.1, -0.05) is 11.5 Å². The Morgan fingerprint density at radius 3 is 2.64 bits per heavy atom. The second kappa shape index (κ2) is 3.18. The second-order valence-electron chi connectivity index (χ2n) is 2.09. The van der Waals surface area contributed by atoms with Gasteiger partial charge in [0.15, 0.2) is 0 Å². The van der Waals surface area contributed by atoms with E-state index in [-0.39, 0.29) is 5.46 Å². The first kappa shape index (κ1) is 8.46. The first-order valence-corrected chi connectivity index (χ1v) is 4.26. The van der Waals surface area contributed by atoms with Crippen molar-refractivity contribution < 1.29 is 4.39 Å². The van der Waals surface area contributed by atoms with E-state index in [4.69, 9.17) is 13.6 Å². The maximum absolute atomic E-state index is 13.0. The number of nitrogens with two attached hydrogens (primary N) is 1. The fourth-order valence-corrected chi connectivity index (χ4v) is 1.39. The Hall–Kier alpha value is -0.635. The van der Waals surface area contributed by atoms with E-state index in [1.165, 1.54) is 17.8 Å². The molecule has 1 aromatic rings. The van der Waals surface area contributed by atoms with Gasteiger partial charge in [0.2, 0.25) is 0 Å². The summed E-state index contributed by atoms with van der Waals surface area (Å²) < 4.78 is 13.0. The van der Waals surface area contributed by atoms with E-state index in [2.05, 4.69) is 0 Å². The number of rotatable bonds is 1. The molecule has 0 fully saturated rings. The molecule has 0 aliphatic heterocycles. The van der Waals surface area contributed by atoms with Crippen LogP contribution in [0.25, 0.3) is 0 Å². The van der Waals surface area contributed by atoms with Crippen molar-refractivity contribution in [2.24, 2.45) is 0 Å². The van der Waals surface area contributed by atoms with Gasteiger partial charge in [-0.05, 0) is 12.3 Å². The van der Waals surface area contributed by atoms with Crippen molar-refractivity contribution in [2.75, 3.05) is 12.0 Å². The molecule has 4 heteroatoms. The molecule has 0 spiro atoms. The number of benzene rings is 1. The van der Waals surface area contributed by atoms with Gasteiger partial charge in [0.05, 0.1) is 4.90 Å². The van der Waals surface area contributed by atoms with Crippen molar-refractivity contribution in [3.05, 3.63) is 17.9 Å². The van der Waals surface area contributed by atoms with Crippen LogP contribution in [0.15, 0.2) is 17.0 Å². The predicted molar refractivity (Wildman–Crippen MR) is 48.0 cm³/mol. The largest absolute Gasteiger partial charge is 0.398 e. The predicted octanol–water partition coefficient (Wildman–Crippen LogP) is 0.924. The number of hydrogen-bond donors (Lipinski definition) is 1. The molecule has 1 rings (SSSR count). The van der Waals surface area contributed by atoms with Crippen molar-refractivity contribution in [1.29, 1.82) is 0 Å². The fraction of sp³-hybridized carbons (Fsp3) is 0.143. The molecule has 11 heavy (non-hydrogen) atoms. The zero-order valence-electron chi connectivity index (χ0n) is 6.10. The van der Waals surface area contributed by atoms with E-state index in [1.54, 1.807) is 12.3 Å². The van der Waals surface area contributed by atoms with Crippen LogP contribution in [0.4, 0.5) is 10.1 Å². The molecular weight excluding hydrogens is 160 g/mol. The van der Waals surface area contributed by atoms with Gasteiger partial charge in [-0.3, -0.25) is 0 Å². The quantitative estimate of drug-likeness (QED) is 0.382. The average molecular weight is 167 g/mol. The van der Waals surface area contributed by atoms with Crippen molar-refractivity contribution in [3.63, 3.8) is 0 Å². The van der Waals surface area contributed by atoms with Crippen LogP contribution in [0.1, 0.15) is 0 Å². The third-order valence-electron chi connectivity index (χ3n) is 1.36. The highest BCUT2D eigenvalue weighted by atomic mass is 32.2. The van der Waals surface area contributed by atoms with Crippen LogP contribution in [0.3, 0.4) is 0 Å². The molecule has 1 aromatic carbocycles. The fourth-order valence-electron chi connectivity index (χ4n) is 0.794. The maximum atomic E-state index is 13.0. The zero-order chi connectivity index (χ0) is 8.43. The molecule has 0 aliphatic rings. The summed E-state index contributed by atoms with van der Waals surface area (Å²) in [5.74, 6) is -0.419. The lowest BCUT2D eigenvalue weighted by molar-refractivity contribution is 0.612. The van der Waals surface area contributed by atoms with Crippen molar-refractivity contribution >= 4 is 30.8 Å². The molecule has 0 bridgehead atoms. The van der Waals surface area contributed by atoms with Crippen molar-refractivity contribution in [3.8, 4) is 0 Å². The number of nitrogen functional groups attached to an aromatic ring is 1. The summed E-state index contributed by atoms with van der Waals surface area (Å²) in [7, 11) is 5.32. The minimum atomic E-state index is -0.419. The molecule has 1 nitrogen and oxygen atoms in total. The second-order valence-corrected chi connectivity index (χ2v) is 2.91. The summed E-state index contributed by atoms with van der Waals surface area (Å²) in [6, 6.07) is 3.06. The topological polar surface area (TPSA) is 26.0 Å². The normalized spacial score (nSPS) is 10.0. The standard InChI is InChI=1S/C7H7BFNS/c1-11-7-5(10)3-2-4(8)6(7)9/h2-3H,10H2,1H3. The van der Waals surface area contributed by atoms with Gasteiger partial charge in [-0.2, -0.15) is 0 Å². The molecule has 0 aliphatic carbocycles. The van der Waals surface area contributed by atoms with E-state index in [1.807, 2.05) is 0 Å². The smallest absolute Gasteiger partial charge is 0.131 e. The molecule has 0 amide bonds. The van der Waals surface area contributed by atoms with Crippen LogP contribution in [0.5, 0.6) is 0 Å². The first-order valence-electron chi connectivity index (χ1n) is 3.04. The Kier molecular flexibility index (Phi) is 2.44. The van der Waals surface area contributed by atoms with Crippen LogP contribution in [0.2, 0.25) is 0 Å². The minimum Gasteiger partial charge on any atom is -0.398 e. The SMILES string of the molecule is [B]c1ccc(N)c(SC)c1F. The highest BCUT2D eigenvalue weighted by Gasteiger charge is 2.06. The number of halogens is 1. The number of anilines is 1. The Labute approximate surface area is 70.6 Å². The van der Waals surface area contributed by atoms with Gasteiger partial charge in [0, 0.05) is 5.69 Å². The lowest BCUT2D eigenvalue weighted by atomic mass is 9.95. The Balaban J connectivity index is 3.29. The van der Waals surface area contributed by atoms with E-state index < -0.39 is 5.82 Å². The molecule has 56 valence electrons. The van der Waals surface area contributed by atoms with Gasteiger partial charge in [-0.15, -0.1) is 11.8 Å². The van der Waals surface area contributed by atoms with Crippen molar-refractivity contribution in [2.45, 2.75) is 4.90 Å². The van der Waals surface area contributed by atoms with Crippen LogP contribution < -0.4 is 11.2 Å². The van der Waals surface area contributed by atoms with E-state index in [9.17, 15) is 4.39 Å². The van der Waals surface area contributed by atoms with E-state index >= 15 is 0 Å². The molecule has 0 aromatic heterocycles. The molecule has 0 saturated carbocycles. The van der Waals surface area contributed by atoms with Gasteiger partial charge in [-0.25, -0.2) is 4.39 Å². The van der Waals surface area contributed by atoms with Crippen LogP contribution in [-0.4, -0.2) is 14.1 Å². The maximum Gasteiger partial charge on any atom is 0.131 e. The molecule has 2 N–H and O–H groups in total. The van der Waals surface area contributed by atoms with E-state index in [0.717, 1.165) is 0 Å². The van der Waals surface area contributed by atoms with Gasteiger partial charge >= 0.3 is 0 Å². The number of thioether (sulfide) groups is 1. The minimum absolute atomic E-state index is 0.142. The molecular formula is C7H7BFNS. The van der Waals surface area contributed by atoms with E-state index in [0.29, 0.717) is 10.6 Å². The Morgan fingerprint density at radius 1 is 1.55 bits per heavy atom. The highest BCUT2D eigenvalue weighted by molar-refractivity contribution is 7.98. The summed E-state index contributed by atoms with van der Waals surface area (Å²) >= 11 is 1.26. The third kappa shape index (κ3) is 1.51. The van der Waals surface area contributed by atoms with Crippen molar-refractivity contribution in [1.82, 2.24) is 0 Å². The van der Waals surface area contributed by atoms with Crippen LogP contribution in [-0.2, 0) is 0 Å². The van der Waals surface area contributed by atoms with Gasteiger partial charge in [0.1, 0.15) is 13.7 Å². The Bertz CT molecular complexity index is 277. The molecule has 2 radical (unpaired) electrons. The molecule has 0 saturated heterocycles. The summed E-state index contributed by atoms with van der Waals surface area (Å²) in [5, 5.41) is 0. The summed E-state index contributed by atoms with van der Waals surface area (Å²) in [4.78, 5) is 0.421. The monoisotopic (exact) mass is 167 g/mol. The third-order valence-corrected chi connectivity index (χ3v) is 2.18. The average Bonchev–Trinajstić information content (AvgIpc) is 1.99. The van der Waals surface area contributed by atoms with Gasteiger partial charge < -0.3 is 5.73 Å². The van der Waals surface area contributed by atoms with Crippen LogP contribution >= 0.6 is 11.8 Å². The van der Waals surface area contributed by atoms with Crippen LogP contribution in [0, 0.1) is 5.82 Å². The summed E-state index contributed by atoms with van der Waals surface area (Å²) in [6.45, 7) is 0. The Morgan fingerprint density at radius 2 is 2.18 bits per heavy atom. The summed E-state index contributed by atoms with van der Waals surface area (Å²) in [5.41, 5.74) is 6.06. The molecule has 0 heterocycles. The highest BCUT2D eigenvalue weighted by Crippen LogP contribution is 2.23. The lowest BCUT2D eigenvalue weighted by Gasteiger charge is -2.05.